The Balaban J connectivity index is 1.90. The van der Waals surface area contributed by atoms with Crippen molar-refractivity contribution in [2.75, 3.05) is 0 Å². The summed E-state index contributed by atoms with van der Waals surface area (Å²) < 4.78 is 89.5. The summed E-state index contributed by atoms with van der Waals surface area (Å²) in [7, 11) is 0. The molecule has 1 fully saturated rings. The molecule has 0 saturated carbocycles. The van der Waals surface area contributed by atoms with Crippen molar-refractivity contribution in [1.29, 1.82) is 0 Å². The Labute approximate surface area is 194 Å². The predicted molar refractivity (Wildman–Crippen MR) is 115 cm³/mol. The predicted octanol–water partition coefficient (Wildman–Crippen LogP) is 4.59. The first kappa shape index (κ1) is 13.0. The van der Waals surface area contributed by atoms with Gasteiger partial charge in [-0.2, -0.15) is 0 Å². The van der Waals surface area contributed by atoms with Crippen LogP contribution in [0.1, 0.15) is 86.6 Å². The van der Waals surface area contributed by atoms with Gasteiger partial charge >= 0.3 is 11.9 Å². The van der Waals surface area contributed by atoms with Gasteiger partial charge in [-0.1, -0.05) is 38.9 Å². The van der Waals surface area contributed by atoms with Gasteiger partial charge in [0, 0.05) is 26.0 Å². The van der Waals surface area contributed by atoms with E-state index in [9.17, 15) is 14.7 Å². The van der Waals surface area contributed by atoms with Gasteiger partial charge < -0.3 is 14.6 Å². The van der Waals surface area contributed by atoms with E-state index in [-0.39, 0.29) is 24.2 Å². The number of hydrogen-bond donors (Lipinski definition) is 1. The quantitative estimate of drug-likeness (QED) is 0.627. The maximum atomic E-state index is 13.6. The zero-order chi connectivity index (χ0) is 30.6. The Morgan fingerprint density at radius 3 is 2.93 bits per heavy atom. The zero-order valence-corrected chi connectivity index (χ0v) is 17.7. The Kier molecular flexibility index (Phi) is 4.02. The highest BCUT2D eigenvalue weighted by Crippen LogP contribution is 2.45. The molecule has 2 aliphatic carbocycles. The Bertz CT molecular complexity index is 1050. The van der Waals surface area contributed by atoms with Crippen LogP contribution in [0.25, 0.3) is 0 Å². The van der Waals surface area contributed by atoms with E-state index in [1.165, 1.54) is 0 Å². The van der Waals surface area contributed by atoms with Crippen LogP contribution in [0.2, 0.25) is 0 Å². The molecule has 5 heteroatoms. The van der Waals surface area contributed by atoms with Gasteiger partial charge in [-0.25, -0.2) is 0 Å². The molecule has 0 spiro atoms. The van der Waals surface area contributed by atoms with Crippen LogP contribution < -0.4 is 0 Å². The first-order valence-electron chi connectivity index (χ1n) is 15.6. The second-order valence-corrected chi connectivity index (χ2v) is 8.98. The average Bonchev–Trinajstić information content (AvgIpc) is 2.80. The molecule has 1 heterocycles. The lowest BCUT2D eigenvalue weighted by atomic mass is 9.65. The van der Waals surface area contributed by atoms with Crippen LogP contribution in [-0.4, -0.2) is 35.4 Å². The second-order valence-electron chi connectivity index (χ2n) is 8.98. The maximum absolute atomic E-state index is 13.6. The Hall–Kier alpha value is -1.62. The summed E-state index contributed by atoms with van der Waals surface area (Å²) >= 11 is 0. The van der Waals surface area contributed by atoms with Crippen LogP contribution in [0.5, 0.6) is 0 Å². The van der Waals surface area contributed by atoms with Crippen LogP contribution in [0.4, 0.5) is 0 Å². The first-order chi connectivity index (χ1) is 18.1. The van der Waals surface area contributed by atoms with Gasteiger partial charge in [-0.15, -0.1) is 0 Å². The van der Waals surface area contributed by atoms with E-state index in [0.717, 1.165) is 12.5 Å². The molecule has 3 aliphatic rings. The van der Waals surface area contributed by atoms with Crippen LogP contribution in [-0.2, 0) is 19.1 Å². The van der Waals surface area contributed by atoms with Crippen molar-refractivity contribution in [3.63, 3.8) is 0 Å². The molecule has 0 radical (unpaired) electrons. The fourth-order valence-electron chi connectivity index (χ4n) is 4.76. The van der Waals surface area contributed by atoms with E-state index in [4.69, 9.17) is 23.2 Å². The molecule has 8 atom stereocenters. The summed E-state index contributed by atoms with van der Waals surface area (Å²) in [5, 5.41) is 10.1. The molecule has 1 aliphatic heterocycles. The van der Waals surface area contributed by atoms with E-state index in [1.807, 2.05) is 32.1 Å². The number of hydrogen-bond acceptors (Lipinski definition) is 5. The number of aliphatic hydroxyl groups is 1. The molecule has 30 heavy (non-hydrogen) atoms. The minimum atomic E-state index is -3.42. The van der Waals surface area contributed by atoms with Gasteiger partial charge in [0.15, 0.2) is 0 Å². The van der Waals surface area contributed by atoms with E-state index in [1.54, 1.807) is 0 Å². The second kappa shape index (κ2) is 9.25. The summed E-state index contributed by atoms with van der Waals surface area (Å²) in [6.45, 7) is -2.11. The third kappa shape index (κ3) is 5.16. The van der Waals surface area contributed by atoms with E-state index >= 15 is 0 Å². The number of esters is 2. The molecule has 1 N–H and O–H groups in total. The Morgan fingerprint density at radius 1 is 1.43 bits per heavy atom. The molecular weight excluding hydrogens is 380 g/mol. The van der Waals surface area contributed by atoms with Crippen LogP contribution in [0.15, 0.2) is 23.8 Å². The molecule has 0 aromatic rings. The maximum Gasteiger partial charge on any atom is 0.311 e. The summed E-state index contributed by atoms with van der Waals surface area (Å²) in [6, 6.07) is 0. The molecule has 0 amide bonds. The molecule has 3 rings (SSSR count). The van der Waals surface area contributed by atoms with Crippen molar-refractivity contribution in [3.05, 3.63) is 23.8 Å². The largest absolute Gasteiger partial charge is 0.462 e. The fraction of sp³-hybridized carbons (Fsp3) is 0.760. The lowest BCUT2D eigenvalue weighted by Crippen LogP contribution is -2.43. The van der Waals surface area contributed by atoms with Crippen molar-refractivity contribution < 1.29 is 37.9 Å². The lowest BCUT2D eigenvalue weighted by molar-refractivity contribution is -0.166. The van der Waals surface area contributed by atoms with Crippen molar-refractivity contribution in [1.82, 2.24) is 0 Å². The minimum absolute atomic E-state index is 0.0461. The number of allylic oxidation sites excluding steroid dienone is 3. The molecule has 168 valence electrons. The number of rotatable bonds is 6. The molecule has 3 unspecified atom stereocenters. The van der Waals surface area contributed by atoms with E-state index in [0.29, 0.717) is 19.3 Å². The highest BCUT2D eigenvalue weighted by atomic mass is 16.6. The summed E-state index contributed by atoms with van der Waals surface area (Å²) in [6.07, 6.45) is -2.10. The third-order valence-corrected chi connectivity index (χ3v) is 6.38. The number of carbonyl (C=O) groups is 2. The van der Waals surface area contributed by atoms with E-state index < -0.39 is 68.0 Å². The minimum Gasteiger partial charge on any atom is -0.462 e. The molecule has 0 aromatic carbocycles. The average molecular weight is 429 g/mol. The van der Waals surface area contributed by atoms with Crippen molar-refractivity contribution in [2.45, 2.75) is 91.2 Å². The van der Waals surface area contributed by atoms with Gasteiger partial charge in [0.1, 0.15) is 12.2 Å². The molecule has 0 aromatic heterocycles. The van der Waals surface area contributed by atoms with Gasteiger partial charge in [0.05, 0.1) is 17.9 Å². The van der Waals surface area contributed by atoms with Gasteiger partial charge in [0.25, 0.3) is 0 Å². The topological polar surface area (TPSA) is 72.8 Å². The highest BCUT2D eigenvalue weighted by molar-refractivity contribution is 5.76. The normalized spacial score (nSPS) is 46.1. The number of ether oxygens (including phenoxy) is 2. The molecule has 1 saturated heterocycles. The number of fused-ring (bicyclic) bond motifs is 1. The smallest absolute Gasteiger partial charge is 0.311 e. The Morgan fingerprint density at radius 2 is 2.23 bits per heavy atom. The molecular formula is C25H38O5. The first-order valence-corrected chi connectivity index (χ1v) is 10.6. The summed E-state index contributed by atoms with van der Waals surface area (Å²) in [5.41, 5.74) is -2.13. The third-order valence-electron chi connectivity index (χ3n) is 6.38. The van der Waals surface area contributed by atoms with Gasteiger partial charge in [-0.3, -0.25) is 9.59 Å². The zero-order valence-electron chi connectivity index (χ0n) is 27.7. The number of aliphatic hydroxyl groups excluding tert-OH is 1. The standard InChI is InChI=1S/C25H38O5/c1-6-25(4,5)24(28)30-21-12-15(2)11-17-8-7-16(3)20(23(17)21)10-9-19-13-18(26)14-22(27)29-19/h7-8,11,15-16,18-21,23,26H,6,9-10,12-14H2,1-5H3/t15-,16-,18+,19?,20-,21?,23-/m0/s1/i1D3,4D3,6D2,14D2/t15-,16-,18+,19?,20-,21?,23-,25?. The van der Waals surface area contributed by atoms with Gasteiger partial charge in [0.2, 0.25) is 0 Å². The van der Waals surface area contributed by atoms with Crippen molar-refractivity contribution in [3.8, 4) is 0 Å². The summed E-state index contributed by atoms with van der Waals surface area (Å²) in [4.78, 5) is 25.6. The summed E-state index contributed by atoms with van der Waals surface area (Å²) in [5.74, 6) is -3.29. The molecule has 0 bridgehead atoms. The molecule has 5 nitrogen and oxygen atoms in total. The van der Waals surface area contributed by atoms with Crippen LogP contribution in [0.3, 0.4) is 0 Å². The fourth-order valence-corrected chi connectivity index (χ4v) is 4.76. The van der Waals surface area contributed by atoms with E-state index in [2.05, 4.69) is 0 Å². The monoisotopic (exact) mass is 428 g/mol. The van der Waals surface area contributed by atoms with Crippen LogP contribution >= 0.6 is 0 Å². The van der Waals surface area contributed by atoms with Crippen molar-refractivity contribution >= 4 is 11.9 Å². The van der Waals surface area contributed by atoms with Crippen LogP contribution in [0, 0.1) is 29.1 Å². The number of cyclic esters (lactones) is 1. The number of carbonyl (C=O) groups excluding carboxylic acids is 2. The highest BCUT2D eigenvalue weighted by Gasteiger charge is 2.43. The van der Waals surface area contributed by atoms with Gasteiger partial charge in [-0.05, 0) is 62.7 Å². The van der Waals surface area contributed by atoms with Crippen molar-refractivity contribution in [2.24, 2.45) is 29.1 Å². The lowest BCUT2D eigenvalue weighted by Gasteiger charge is -2.44. The SMILES string of the molecule is [2H]C1([2H])C(=O)OC(CC[C@@H]2[C@@H]3C(=C[C@H](C)CC3OC(=O)C(C)(C([2H])([2H])[2H])C([2H])([2H])C([2H])([2H])[2H])C=C[C@@H]2C)C[C@H]1O.